The van der Waals surface area contributed by atoms with Gasteiger partial charge in [-0.1, -0.05) is 6.07 Å². The second kappa shape index (κ2) is 9.15. The summed E-state index contributed by atoms with van der Waals surface area (Å²) in [5.41, 5.74) is 2.45. The second-order valence-corrected chi connectivity index (χ2v) is 5.62. The summed E-state index contributed by atoms with van der Waals surface area (Å²) in [5, 5.41) is 2.81. The van der Waals surface area contributed by atoms with Gasteiger partial charge in [-0.25, -0.2) is 0 Å². The molecular formula is C21H19N3O3. The monoisotopic (exact) mass is 361 g/mol. The molecule has 1 aromatic carbocycles. The highest BCUT2D eigenvalue weighted by Crippen LogP contribution is 2.31. The average molecular weight is 361 g/mol. The quantitative estimate of drug-likeness (QED) is 0.649. The van der Waals surface area contributed by atoms with Crippen molar-refractivity contribution >= 4 is 17.7 Å². The number of hydrogen-bond acceptors (Lipinski definition) is 5. The maximum absolute atomic E-state index is 12.1. The molecule has 0 spiro atoms. The van der Waals surface area contributed by atoms with Crippen LogP contribution in [0.3, 0.4) is 0 Å². The summed E-state index contributed by atoms with van der Waals surface area (Å²) >= 11 is 0. The SMILES string of the molecule is COc1ccc(NC(=O)/C=C/c2ccncc2)cc1OCc1cccnc1. The lowest BCUT2D eigenvalue weighted by molar-refractivity contribution is -0.111. The lowest BCUT2D eigenvalue weighted by Gasteiger charge is -2.12. The van der Waals surface area contributed by atoms with Crippen molar-refractivity contribution in [1.82, 2.24) is 9.97 Å². The minimum Gasteiger partial charge on any atom is -0.493 e. The number of carbonyl (C=O) groups is 1. The first kappa shape index (κ1) is 18.1. The minimum atomic E-state index is -0.241. The molecule has 3 rings (SSSR count). The molecule has 136 valence electrons. The van der Waals surface area contributed by atoms with Crippen molar-refractivity contribution in [3.63, 3.8) is 0 Å². The first-order valence-electron chi connectivity index (χ1n) is 8.33. The molecule has 0 saturated carbocycles. The molecule has 0 unspecified atom stereocenters. The number of hydrogen-bond donors (Lipinski definition) is 1. The number of anilines is 1. The summed E-state index contributed by atoms with van der Waals surface area (Å²) in [7, 11) is 1.57. The number of pyridine rings is 2. The third-order valence-corrected chi connectivity index (χ3v) is 3.68. The van der Waals surface area contributed by atoms with E-state index >= 15 is 0 Å². The van der Waals surface area contributed by atoms with E-state index in [4.69, 9.17) is 9.47 Å². The Hall–Kier alpha value is -3.67. The van der Waals surface area contributed by atoms with E-state index in [1.807, 2.05) is 24.3 Å². The zero-order valence-electron chi connectivity index (χ0n) is 14.8. The van der Waals surface area contributed by atoms with Crippen LogP contribution in [0.5, 0.6) is 11.5 Å². The number of nitrogens with one attached hydrogen (secondary N) is 1. The molecule has 1 N–H and O–H groups in total. The number of carbonyl (C=O) groups excluding carboxylic acids is 1. The predicted octanol–water partition coefficient (Wildman–Crippen LogP) is 3.72. The Balaban J connectivity index is 1.67. The molecule has 0 aliphatic carbocycles. The number of benzene rings is 1. The maximum atomic E-state index is 12.1. The maximum Gasteiger partial charge on any atom is 0.248 e. The Bertz CT molecular complexity index is 912. The first-order chi connectivity index (χ1) is 13.2. The average Bonchev–Trinajstić information content (AvgIpc) is 2.72. The topological polar surface area (TPSA) is 73.3 Å². The van der Waals surface area contributed by atoms with Gasteiger partial charge in [0.2, 0.25) is 5.91 Å². The van der Waals surface area contributed by atoms with E-state index in [0.717, 1.165) is 11.1 Å². The summed E-state index contributed by atoms with van der Waals surface area (Å²) in [5.74, 6) is 0.886. The molecule has 27 heavy (non-hydrogen) atoms. The van der Waals surface area contributed by atoms with Crippen molar-refractivity contribution in [3.05, 3.63) is 84.5 Å². The molecule has 2 aromatic heterocycles. The van der Waals surface area contributed by atoms with Gasteiger partial charge in [0.05, 0.1) is 7.11 Å². The molecular weight excluding hydrogens is 342 g/mol. The van der Waals surface area contributed by atoms with Crippen LogP contribution in [0, 0.1) is 0 Å². The van der Waals surface area contributed by atoms with E-state index in [1.54, 1.807) is 56.2 Å². The van der Waals surface area contributed by atoms with Crippen molar-refractivity contribution in [3.8, 4) is 11.5 Å². The molecule has 0 bridgehead atoms. The standard InChI is InChI=1S/C21H19N3O3/c1-26-19-6-5-18(13-20(19)27-15-17-3-2-10-23-14-17)24-21(25)7-4-16-8-11-22-12-9-16/h2-14H,15H2,1H3,(H,24,25)/b7-4+. The van der Waals surface area contributed by atoms with Crippen molar-refractivity contribution in [2.24, 2.45) is 0 Å². The Morgan fingerprint density at radius 3 is 2.67 bits per heavy atom. The molecule has 3 aromatic rings. The highest BCUT2D eigenvalue weighted by atomic mass is 16.5. The minimum absolute atomic E-state index is 0.241. The fourth-order valence-electron chi connectivity index (χ4n) is 2.34. The molecule has 0 aliphatic rings. The lowest BCUT2D eigenvalue weighted by atomic mass is 10.2. The van der Waals surface area contributed by atoms with Crippen LogP contribution < -0.4 is 14.8 Å². The van der Waals surface area contributed by atoms with Crippen LogP contribution in [-0.4, -0.2) is 23.0 Å². The third kappa shape index (κ3) is 5.40. The van der Waals surface area contributed by atoms with Crippen LogP contribution >= 0.6 is 0 Å². The van der Waals surface area contributed by atoms with Crippen molar-refractivity contribution < 1.29 is 14.3 Å². The normalized spacial score (nSPS) is 10.6. The summed E-state index contributed by atoms with van der Waals surface area (Å²) in [6, 6.07) is 12.7. The highest BCUT2D eigenvalue weighted by molar-refractivity contribution is 6.02. The van der Waals surface area contributed by atoms with Gasteiger partial charge in [-0.2, -0.15) is 0 Å². The second-order valence-electron chi connectivity index (χ2n) is 5.62. The summed E-state index contributed by atoms with van der Waals surface area (Å²) in [6.07, 6.45) is 9.98. The summed E-state index contributed by atoms with van der Waals surface area (Å²) in [4.78, 5) is 20.1. The van der Waals surface area contributed by atoms with Gasteiger partial charge in [-0.15, -0.1) is 0 Å². The van der Waals surface area contributed by atoms with E-state index < -0.39 is 0 Å². The van der Waals surface area contributed by atoms with Crippen LogP contribution in [0.1, 0.15) is 11.1 Å². The summed E-state index contributed by atoms with van der Waals surface area (Å²) in [6.45, 7) is 0.351. The van der Waals surface area contributed by atoms with E-state index in [0.29, 0.717) is 23.8 Å². The molecule has 1 amide bonds. The third-order valence-electron chi connectivity index (χ3n) is 3.68. The largest absolute Gasteiger partial charge is 0.493 e. The highest BCUT2D eigenvalue weighted by Gasteiger charge is 2.08. The fraction of sp³-hybridized carbons (Fsp3) is 0.0952. The number of amides is 1. The zero-order valence-corrected chi connectivity index (χ0v) is 14.8. The van der Waals surface area contributed by atoms with Crippen LogP contribution in [-0.2, 0) is 11.4 Å². The molecule has 0 atom stereocenters. The first-order valence-corrected chi connectivity index (χ1v) is 8.33. The number of ether oxygens (including phenoxy) is 2. The number of rotatable bonds is 7. The number of aromatic nitrogens is 2. The Morgan fingerprint density at radius 2 is 1.93 bits per heavy atom. The molecule has 2 heterocycles. The molecule has 0 radical (unpaired) electrons. The van der Waals surface area contributed by atoms with E-state index in [-0.39, 0.29) is 5.91 Å². The Kier molecular flexibility index (Phi) is 6.14. The molecule has 0 aliphatic heterocycles. The Labute approximate surface area is 157 Å². The number of methoxy groups -OCH3 is 1. The molecule has 6 nitrogen and oxygen atoms in total. The van der Waals surface area contributed by atoms with E-state index in [2.05, 4.69) is 15.3 Å². The van der Waals surface area contributed by atoms with Crippen LogP contribution in [0.2, 0.25) is 0 Å². The zero-order chi connectivity index (χ0) is 18.9. The summed E-state index contributed by atoms with van der Waals surface area (Å²) < 4.78 is 11.2. The molecule has 6 heteroatoms. The van der Waals surface area contributed by atoms with Crippen molar-refractivity contribution in [1.29, 1.82) is 0 Å². The molecule has 0 saturated heterocycles. The van der Waals surface area contributed by atoms with Gasteiger partial charge in [0.25, 0.3) is 0 Å². The predicted molar refractivity (Wildman–Crippen MR) is 103 cm³/mol. The Morgan fingerprint density at radius 1 is 1.07 bits per heavy atom. The van der Waals surface area contributed by atoms with Gasteiger partial charge in [0.1, 0.15) is 6.61 Å². The lowest BCUT2D eigenvalue weighted by Crippen LogP contribution is -2.08. The molecule has 0 fully saturated rings. The van der Waals surface area contributed by atoms with Gasteiger partial charge in [0, 0.05) is 48.2 Å². The van der Waals surface area contributed by atoms with Gasteiger partial charge < -0.3 is 14.8 Å². The smallest absolute Gasteiger partial charge is 0.248 e. The van der Waals surface area contributed by atoms with Crippen LogP contribution in [0.15, 0.2) is 73.3 Å². The van der Waals surface area contributed by atoms with Crippen molar-refractivity contribution in [2.75, 3.05) is 12.4 Å². The number of nitrogens with zero attached hydrogens (tertiary/aromatic N) is 2. The van der Waals surface area contributed by atoms with Gasteiger partial charge in [-0.05, 0) is 42.0 Å². The van der Waals surface area contributed by atoms with E-state index in [9.17, 15) is 4.79 Å². The van der Waals surface area contributed by atoms with Crippen molar-refractivity contribution in [2.45, 2.75) is 6.61 Å². The van der Waals surface area contributed by atoms with Crippen LogP contribution in [0.25, 0.3) is 6.08 Å². The van der Waals surface area contributed by atoms with Gasteiger partial charge in [-0.3, -0.25) is 14.8 Å². The van der Waals surface area contributed by atoms with Gasteiger partial charge >= 0.3 is 0 Å². The van der Waals surface area contributed by atoms with Crippen LogP contribution in [0.4, 0.5) is 5.69 Å². The van der Waals surface area contributed by atoms with Gasteiger partial charge in [0.15, 0.2) is 11.5 Å². The fourth-order valence-corrected chi connectivity index (χ4v) is 2.34. The van der Waals surface area contributed by atoms with E-state index in [1.165, 1.54) is 6.08 Å².